The van der Waals surface area contributed by atoms with Crippen LogP contribution in [-0.4, -0.2) is 9.38 Å². The third kappa shape index (κ3) is 3.17. The highest BCUT2D eigenvalue weighted by Gasteiger charge is 2.22. The Morgan fingerprint density at radius 1 is 1.11 bits per heavy atom. The molecule has 2 aromatic carbocycles. The molecule has 0 radical (unpaired) electrons. The van der Waals surface area contributed by atoms with E-state index in [1.807, 2.05) is 35.7 Å². The molecule has 2 heterocycles. The summed E-state index contributed by atoms with van der Waals surface area (Å²) in [6, 6.07) is 20.9. The Hall–Kier alpha value is -2.76. The molecule has 28 heavy (non-hydrogen) atoms. The number of quaternary nitrogens is 1. The first-order chi connectivity index (χ1) is 13.8. The predicted molar refractivity (Wildman–Crippen MR) is 113 cm³/mol. The van der Waals surface area contributed by atoms with Crippen molar-refractivity contribution in [1.82, 2.24) is 9.38 Å². The van der Waals surface area contributed by atoms with Gasteiger partial charge in [0.05, 0.1) is 5.69 Å². The summed E-state index contributed by atoms with van der Waals surface area (Å²) in [4.78, 5) is 18.4. The number of rotatable bonds is 4. The van der Waals surface area contributed by atoms with Crippen LogP contribution in [0.25, 0.3) is 16.2 Å². The van der Waals surface area contributed by atoms with Crippen molar-refractivity contribution < 1.29 is 5.32 Å². The first-order valence-electron chi connectivity index (χ1n) is 9.76. The van der Waals surface area contributed by atoms with E-state index in [0.717, 1.165) is 28.5 Å². The van der Waals surface area contributed by atoms with Crippen molar-refractivity contribution in [1.29, 1.82) is 0 Å². The lowest BCUT2D eigenvalue weighted by Gasteiger charge is -2.23. The third-order valence-electron chi connectivity index (χ3n) is 5.55. The Morgan fingerprint density at radius 3 is 2.82 bits per heavy atom. The number of hydrogen-bond acceptors (Lipinski definition) is 3. The topological polar surface area (TPSA) is 51.0 Å². The fourth-order valence-electron chi connectivity index (χ4n) is 4.18. The van der Waals surface area contributed by atoms with Crippen molar-refractivity contribution in [2.75, 3.05) is 0 Å². The summed E-state index contributed by atoms with van der Waals surface area (Å²) in [5.74, 6) is 0. The zero-order valence-electron chi connectivity index (χ0n) is 15.5. The standard InChI is InChI=1S/C23H21N3OS/c27-22-13-18(14-24-20-12-6-10-16-7-4-5-11-19(16)20)25-23-26(22)21(15-28-23)17-8-2-1-3-9-17/h1-5,7-9,11,13,15,20,24H,6,10,12,14H2/p+1/t20-/m0/s1. The monoisotopic (exact) mass is 388 g/mol. The molecular formula is C23H22N3OS+. The molecule has 2 aromatic heterocycles. The van der Waals surface area contributed by atoms with Gasteiger partial charge in [-0.1, -0.05) is 54.6 Å². The van der Waals surface area contributed by atoms with Gasteiger partial charge in [0, 0.05) is 23.4 Å². The molecule has 0 saturated heterocycles. The van der Waals surface area contributed by atoms with Crippen molar-refractivity contribution >= 4 is 16.3 Å². The van der Waals surface area contributed by atoms with Crippen LogP contribution in [0.2, 0.25) is 0 Å². The number of thiazole rings is 1. The second kappa shape index (κ2) is 7.34. The fraction of sp³-hybridized carbons (Fsp3) is 0.217. The van der Waals surface area contributed by atoms with Crippen molar-refractivity contribution in [3.8, 4) is 11.3 Å². The second-order valence-corrected chi connectivity index (χ2v) is 8.16. The Kier molecular flexibility index (Phi) is 4.55. The van der Waals surface area contributed by atoms with Crippen LogP contribution in [0.3, 0.4) is 0 Å². The first kappa shape index (κ1) is 17.3. The Morgan fingerprint density at radius 2 is 1.93 bits per heavy atom. The highest BCUT2D eigenvalue weighted by Crippen LogP contribution is 2.27. The predicted octanol–water partition coefficient (Wildman–Crippen LogP) is 3.56. The molecule has 0 spiro atoms. The minimum atomic E-state index is -0.00227. The van der Waals surface area contributed by atoms with E-state index in [2.05, 4.69) is 29.6 Å². The molecule has 0 fully saturated rings. The van der Waals surface area contributed by atoms with Crippen LogP contribution in [0.4, 0.5) is 0 Å². The van der Waals surface area contributed by atoms with Crippen molar-refractivity contribution in [3.05, 3.63) is 93.2 Å². The van der Waals surface area contributed by atoms with Crippen LogP contribution in [0, 0.1) is 0 Å². The summed E-state index contributed by atoms with van der Waals surface area (Å²) in [5, 5.41) is 4.35. The van der Waals surface area contributed by atoms with Gasteiger partial charge in [-0.05, 0) is 24.0 Å². The molecule has 0 saturated carbocycles. The van der Waals surface area contributed by atoms with Crippen LogP contribution in [0.15, 0.2) is 70.8 Å². The molecule has 140 valence electrons. The largest absolute Gasteiger partial charge is 0.335 e. The van der Waals surface area contributed by atoms with Crippen LogP contribution >= 0.6 is 11.3 Å². The molecule has 0 bridgehead atoms. The van der Waals surface area contributed by atoms with E-state index < -0.39 is 0 Å². The molecule has 1 aliphatic rings. The lowest BCUT2D eigenvalue weighted by molar-refractivity contribution is -0.712. The number of nitrogens with two attached hydrogens (primary N) is 1. The maximum atomic E-state index is 12.8. The van der Waals surface area contributed by atoms with E-state index >= 15 is 0 Å². The molecule has 4 aromatic rings. The van der Waals surface area contributed by atoms with Crippen LogP contribution in [-0.2, 0) is 13.0 Å². The molecule has 0 amide bonds. The molecule has 1 aliphatic carbocycles. The maximum Gasteiger partial charge on any atom is 0.259 e. The quantitative estimate of drug-likeness (QED) is 0.581. The normalized spacial score (nSPS) is 16.2. The summed E-state index contributed by atoms with van der Waals surface area (Å²) in [5.41, 5.74) is 5.70. The van der Waals surface area contributed by atoms with Crippen molar-refractivity contribution in [3.63, 3.8) is 0 Å². The number of aromatic nitrogens is 2. The molecule has 0 aliphatic heterocycles. The SMILES string of the molecule is O=c1cc(C[NH2+][C@H]2CCCc3ccccc32)nc2scc(-c3ccccc3)n12. The van der Waals surface area contributed by atoms with Gasteiger partial charge >= 0.3 is 0 Å². The first-order valence-corrected chi connectivity index (χ1v) is 10.6. The Labute approximate surface area is 167 Å². The third-order valence-corrected chi connectivity index (χ3v) is 6.38. The average Bonchev–Trinajstić information content (AvgIpc) is 3.17. The fourth-order valence-corrected chi connectivity index (χ4v) is 5.10. The zero-order chi connectivity index (χ0) is 18.9. The van der Waals surface area contributed by atoms with E-state index in [0.29, 0.717) is 6.04 Å². The molecule has 4 nitrogen and oxygen atoms in total. The van der Waals surface area contributed by atoms with Gasteiger partial charge in [0.25, 0.3) is 5.56 Å². The number of nitrogens with zero attached hydrogens (tertiary/aromatic N) is 2. The lowest BCUT2D eigenvalue weighted by Crippen LogP contribution is -2.84. The summed E-state index contributed by atoms with van der Waals surface area (Å²) in [6.07, 6.45) is 3.57. The number of benzene rings is 2. The van der Waals surface area contributed by atoms with Crippen molar-refractivity contribution in [2.24, 2.45) is 0 Å². The van der Waals surface area contributed by atoms with Gasteiger partial charge in [-0.25, -0.2) is 4.98 Å². The van der Waals surface area contributed by atoms with Gasteiger partial charge in [0.15, 0.2) is 4.96 Å². The van der Waals surface area contributed by atoms with E-state index in [9.17, 15) is 4.79 Å². The average molecular weight is 389 g/mol. The molecule has 1 atom stereocenters. The molecule has 0 unspecified atom stereocenters. The number of hydrogen-bond donors (Lipinski definition) is 1. The molecule has 5 rings (SSSR count). The van der Waals surface area contributed by atoms with E-state index in [1.165, 1.54) is 41.7 Å². The van der Waals surface area contributed by atoms with Crippen LogP contribution < -0.4 is 10.9 Å². The number of aryl methyl sites for hydroxylation is 1. The number of fused-ring (bicyclic) bond motifs is 2. The molecule has 2 N–H and O–H groups in total. The lowest BCUT2D eigenvalue weighted by atomic mass is 9.88. The van der Waals surface area contributed by atoms with Gasteiger partial charge < -0.3 is 5.32 Å². The van der Waals surface area contributed by atoms with Gasteiger partial charge in [0.1, 0.15) is 18.3 Å². The summed E-state index contributed by atoms with van der Waals surface area (Å²) in [7, 11) is 0. The zero-order valence-corrected chi connectivity index (χ0v) is 16.4. The van der Waals surface area contributed by atoms with Gasteiger partial charge in [-0.15, -0.1) is 11.3 Å². The minimum Gasteiger partial charge on any atom is -0.335 e. The second-order valence-electron chi connectivity index (χ2n) is 7.33. The summed E-state index contributed by atoms with van der Waals surface area (Å²) in [6.45, 7) is 0.726. The Balaban J connectivity index is 1.42. The molecular weight excluding hydrogens is 366 g/mol. The van der Waals surface area contributed by atoms with Crippen molar-refractivity contribution in [2.45, 2.75) is 31.8 Å². The Bertz CT molecular complexity index is 1180. The summed E-state index contributed by atoms with van der Waals surface area (Å²) < 4.78 is 1.72. The smallest absolute Gasteiger partial charge is 0.259 e. The highest BCUT2D eigenvalue weighted by molar-refractivity contribution is 7.15. The minimum absolute atomic E-state index is 0.00227. The van der Waals surface area contributed by atoms with Crippen LogP contribution in [0.5, 0.6) is 0 Å². The van der Waals surface area contributed by atoms with E-state index in [4.69, 9.17) is 4.98 Å². The molecule has 5 heteroatoms. The summed E-state index contributed by atoms with van der Waals surface area (Å²) >= 11 is 1.53. The van der Waals surface area contributed by atoms with Gasteiger partial charge in [-0.2, -0.15) is 0 Å². The van der Waals surface area contributed by atoms with Gasteiger partial charge in [-0.3, -0.25) is 9.20 Å². The highest BCUT2D eigenvalue weighted by atomic mass is 32.1. The maximum absolute atomic E-state index is 12.8. The van der Waals surface area contributed by atoms with E-state index in [1.54, 1.807) is 10.5 Å². The van der Waals surface area contributed by atoms with Crippen LogP contribution in [0.1, 0.15) is 35.7 Å². The van der Waals surface area contributed by atoms with Gasteiger partial charge in [0.2, 0.25) is 0 Å². The van der Waals surface area contributed by atoms with E-state index in [-0.39, 0.29) is 5.56 Å².